The minimum Gasteiger partial charge on any atom is -0.336 e. The van der Waals surface area contributed by atoms with Crippen molar-refractivity contribution in [1.29, 1.82) is 0 Å². The van der Waals surface area contributed by atoms with Crippen molar-refractivity contribution in [3.8, 4) is 0 Å². The third kappa shape index (κ3) is 4.30. The number of hydrogen-bond acceptors (Lipinski definition) is 3. The summed E-state index contributed by atoms with van der Waals surface area (Å²) in [7, 11) is 0. The van der Waals surface area contributed by atoms with Crippen molar-refractivity contribution in [3.63, 3.8) is 0 Å². The lowest BCUT2D eigenvalue weighted by molar-refractivity contribution is -0.139. The summed E-state index contributed by atoms with van der Waals surface area (Å²) in [5.74, 6) is 0.194. The Kier molecular flexibility index (Phi) is 5.25. The van der Waals surface area contributed by atoms with Crippen LogP contribution >= 0.6 is 0 Å². The molecule has 1 aromatic heterocycles. The minimum absolute atomic E-state index is 0.0160. The molecule has 6 heteroatoms. The summed E-state index contributed by atoms with van der Waals surface area (Å²) in [6.45, 7) is 6.76. The number of nitrogens with zero attached hydrogens (tertiary/aromatic N) is 3. The molecule has 0 radical (unpaired) electrons. The zero-order valence-electron chi connectivity index (χ0n) is 15.2. The second-order valence-electron chi connectivity index (χ2n) is 7.70. The minimum atomic E-state index is 0.0160. The maximum Gasteiger partial charge on any atom is 0.317 e. The molecule has 3 heterocycles. The van der Waals surface area contributed by atoms with Crippen LogP contribution in [-0.2, 0) is 11.3 Å². The second-order valence-corrected chi connectivity index (χ2v) is 7.70. The number of aromatic nitrogens is 1. The first-order valence-corrected chi connectivity index (χ1v) is 9.21. The molecule has 0 saturated carbocycles. The van der Waals surface area contributed by atoms with Gasteiger partial charge in [0.25, 0.3) is 0 Å². The largest absolute Gasteiger partial charge is 0.336 e. The van der Waals surface area contributed by atoms with Gasteiger partial charge in [-0.3, -0.25) is 9.78 Å². The third-order valence-electron chi connectivity index (χ3n) is 5.19. The molecule has 25 heavy (non-hydrogen) atoms. The Morgan fingerprint density at radius 2 is 2.16 bits per heavy atom. The number of hydrogen-bond donors (Lipinski definition) is 1. The monoisotopic (exact) mass is 344 g/mol. The van der Waals surface area contributed by atoms with Crippen LogP contribution in [-0.4, -0.2) is 52.4 Å². The molecule has 2 aliphatic heterocycles. The van der Waals surface area contributed by atoms with E-state index < -0.39 is 0 Å². The average molecular weight is 344 g/mol. The SMILES string of the molecule is CC(C)NC(=O)N1CCC[C@]2(CCC(=O)N(Cc3ccccn3)C2)C1. The van der Waals surface area contributed by atoms with Crippen LogP contribution in [0.25, 0.3) is 0 Å². The number of amides is 3. The maximum atomic E-state index is 12.4. The smallest absolute Gasteiger partial charge is 0.317 e. The molecule has 1 spiro atoms. The van der Waals surface area contributed by atoms with E-state index in [1.807, 2.05) is 41.8 Å². The Morgan fingerprint density at radius 3 is 2.88 bits per heavy atom. The molecule has 0 aliphatic carbocycles. The van der Waals surface area contributed by atoms with E-state index in [2.05, 4.69) is 10.3 Å². The quantitative estimate of drug-likeness (QED) is 0.916. The number of likely N-dealkylation sites (tertiary alicyclic amines) is 2. The van der Waals surface area contributed by atoms with Crippen molar-refractivity contribution in [2.24, 2.45) is 5.41 Å². The van der Waals surface area contributed by atoms with Gasteiger partial charge in [-0.15, -0.1) is 0 Å². The Morgan fingerprint density at radius 1 is 1.32 bits per heavy atom. The molecule has 3 rings (SSSR count). The molecular formula is C19H28N4O2. The standard InChI is InChI=1S/C19H28N4O2/c1-15(2)21-18(25)22-11-5-8-19(13-22)9-7-17(24)23(14-19)12-16-6-3-4-10-20-16/h3-4,6,10,15H,5,7-9,11-14H2,1-2H3,(H,21,25)/t19-/m0/s1. The van der Waals surface area contributed by atoms with E-state index in [1.54, 1.807) is 6.20 Å². The fraction of sp³-hybridized carbons (Fsp3) is 0.632. The summed E-state index contributed by atoms with van der Waals surface area (Å²) in [5, 5.41) is 2.99. The van der Waals surface area contributed by atoms with Crippen LogP contribution in [0.15, 0.2) is 24.4 Å². The van der Waals surface area contributed by atoms with E-state index in [0.717, 1.165) is 38.0 Å². The summed E-state index contributed by atoms with van der Waals surface area (Å²) in [6.07, 6.45) is 5.27. The first kappa shape index (κ1) is 17.7. The first-order chi connectivity index (χ1) is 12.0. The van der Waals surface area contributed by atoms with Gasteiger partial charge >= 0.3 is 6.03 Å². The topological polar surface area (TPSA) is 65.5 Å². The fourth-order valence-electron chi connectivity index (χ4n) is 3.99. The number of piperidine rings is 2. The highest BCUT2D eigenvalue weighted by atomic mass is 16.2. The molecule has 0 bridgehead atoms. The third-order valence-corrected chi connectivity index (χ3v) is 5.19. The van der Waals surface area contributed by atoms with E-state index in [9.17, 15) is 9.59 Å². The lowest BCUT2D eigenvalue weighted by Crippen LogP contribution is -2.56. The highest BCUT2D eigenvalue weighted by Crippen LogP contribution is 2.39. The summed E-state index contributed by atoms with van der Waals surface area (Å²) >= 11 is 0. The molecule has 3 amide bonds. The second kappa shape index (κ2) is 7.42. The highest BCUT2D eigenvalue weighted by molar-refractivity contribution is 5.77. The van der Waals surface area contributed by atoms with Crippen LogP contribution in [0.3, 0.4) is 0 Å². The highest BCUT2D eigenvalue weighted by Gasteiger charge is 2.42. The molecule has 0 unspecified atom stereocenters. The van der Waals surface area contributed by atoms with Crippen LogP contribution in [0.1, 0.15) is 45.2 Å². The number of pyridine rings is 1. The van der Waals surface area contributed by atoms with Gasteiger partial charge in [0, 0.05) is 43.7 Å². The summed E-state index contributed by atoms with van der Waals surface area (Å²) < 4.78 is 0. The van der Waals surface area contributed by atoms with Crippen molar-refractivity contribution in [2.45, 2.75) is 52.1 Å². The van der Waals surface area contributed by atoms with Gasteiger partial charge in [0.2, 0.25) is 5.91 Å². The summed E-state index contributed by atoms with van der Waals surface area (Å²) in [5.41, 5.74) is 0.938. The van der Waals surface area contributed by atoms with Gasteiger partial charge in [0.15, 0.2) is 0 Å². The van der Waals surface area contributed by atoms with Gasteiger partial charge in [-0.05, 0) is 45.2 Å². The van der Waals surface area contributed by atoms with Gasteiger partial charge < -0.3 is 15.1 Å². The van der Waals surface area contributed by atoms with Crippen LogP contribution in [0.5, 0.6) is 0 Å². The normalized spacial score (nSPS) is 24.0. The zero-order chi connectivity index (χ0) is 17.9. The molecule has 2 aliphatic rings. The number of urea groups is 1. The van der Waals surface area contributed by atoms with E-state index in [0.29, 0.717) is 19.5 Å². The molecular weight excluding hydrogens is 316 g/mol. The number of nitrogens with one attached hydrogen (secondary N) is 1. The predicted octanol–water partition coefficient (Wildman–Crippen LogP) is 2.40. The Bertz CT molecular complexity index is 619. The van der Waals surface area contributed by atoms with Crippen molar-refractivity contribution >= 4 is 11.9 Å². The lowest BCUT2D eigenvalue weighted by atomic mass is 9.73. The summed E-state index contributed by atoms with van der Waals surface area (Å²) in [4.78, 5) is 33.0. The Balaban J connectivity index is 1.68. The van der Waals surface area contributed by atoms with Crippen molar-refractivity contribution in [3.05, 3.63) is 30.1 Å². The van der Waals surface area contributed by atoms with E-state index in [4.69, 9.17) is 0 Å². The zero-order valence-corrected chi connectivity index (χ0v) is 15.2. The first-order valence-electron chi connectivity index (χ1n) is 9.21. The average Bonchev–Trinajstić information content (AvgIpc) is 2.59. The van der Waals surface area contributed by atoms with Gasteiger partial charge in [-0.1, -0.05) is 6.07 Å². The van der Waals surface area contributed by atoms with Crippen molar-refractivity contribution < 1.29 is 9.59 Å². The van der Waals surface area contributed by atoms with E-state index in [-0.39, 0.29) is 23.4 Å². The molecule has 2 fully saturated rings. The van der Waals surface area contributed by atoms with Crippen LogP contribution in [0, 0.1) is 5.41 Å². The number of carbonyl (C=O) groups excluding carboxylic acids is 2. The lowest BCUT2D eigenvalue weighted by Gasteiger charge is -2.48. The summed E-state index contributed by atoms with van der Waals surface area (Å²) in [6, 6.07) is 5.94. The maximum absolute atomic E-state index is 12.4. The van der Waals surface area contributed by atoms with Crippen molar-refractivity contribution in [1.82, 2.24) is 20.1 Å². The number of rotatable bonds is 3. The van der Waals surface area contributed by atoms with Crippen LogP contribution in [0.2, 0.25) is 0 Å². The number of carbonyl (C=O) groups is 2. The molecule has 0 aromatic carbocycles. The molecule has 6 nitrogen and oxygen atoms in total. The van der Waals surface area contributed by atoms with Gasteiger partial charge in [-0.25, -0.2) is 4.79 Å². The molecule has 1 atom stereocenters. The molecule has 1 N–H and O–H groups in total. The van der Waals surface area contributed by atoms with E-state index >= 15 is 0 Å². The molecule has 136 valence electrons. The van der Waals surface area contributed by atoms with Crippen LogP contribution in [0.4, 0.5) is 4.79 Å². The van der Waals surface area contributed by atoms with Gasteiger partial charge in [-0.2, -0.15) is 0 Å². The molecule has 1 aromatic rings. The van der Waals surface area contributed by atoms with Crippen LogP contribution < -0.4 is 5.32 Å². The van der Waals surface area contributed by atoms with E-state index in [1.165, 1.54) is 0 Å². The van der Waals surface area contributed by atoms with Gasteiger partial charge in [0.05, 0.1) is 12.2 Å². The fourth-order valence-corrected chi connectivity index (χ4v) is 3.99. The predicted molar refractivity (Wildman–Crippen MR) is 95.8 cm³/mol. The molecule has 2 saturated heterocycles. The van der Waals surface area contributed by atoms with Crippen molar-refractivity contribution in [2.75, 3.05) is 19.6 Å². The van der Waals surface area contributed by atoms with Gasteiger partial charge in [0.1, 0.15) is 0 Å². The Labute approximate surface area is 149 Å². The Hall–Kier alpha value is -2.11.